The Kier molecular flexibility index (Phi) is 5.42. The van der Waals surface area contributed by atoms with E-state index in [2.05, 4.69) is 15.6 Å². The summed E-state index contributed by atoms with van der Waals surface area (Å²) in [6.07, 6.45) is 2.94. The third-order valence-corrected chi connectivity index (χ3v) is 3.19. The van der Waals surface area contributed by atoms with Gasteiger partial charge in [-0.3, -0.25) is 9.59 Å². The van der Waals surface area contributed by atoms with Crippen molar-refractivity contribution in [1.82, 2.24) is 4.98 Å². The highest BCUT2D eigenvalue weighted by molar-refractivity contribution is 6.07. The minimum Gasteiger partial charge on any atom is -0.345 e. The molecule has 0 radical (unpaired) electrons. The number of pyridine rings is 1. The number of carbonyl (C=O) groups is 2. The second-order valence-electron chi connectivity index (χ2n) is 5.12. The number of ketones is 1. The molecular weight excluding hydrogens is 304 g/mol. The molecule has 0 aliphatic heterocycles. The van der Waals surface area contributed by atoms with E-state index in [0.29, 0.717) is 17.1 Å². The van der Waals surface area contributed by atoms with E-state index in [0.717, 1.165) is 5.56 Å². The van der Waals surface area contributed by atoms with Gasteiger partial charge in [0.1, 0.15) is 17.5 Å². The molecule has 2 N–H and O–H groups in total. The number of nitriles is 1. The Bertz CT molecular complexity index is 833. The van der Waals surface area contributed by atoms with E-state index in [-0.39, 0.29) is 11.4 Å². The van der Waals surface area contributed by atoms with E-state index in [9.17, 15) is 9.59 Å². The van der Waals surface area contributed by atoms with E-state index >= 15 is 0 Å². The van der Waals surface area contributed by atoms with Crippen molar-refractivity contribution in [3.63, 3.8) is 0 Å². The summed E-state index contributed by atoms with van der Waals surface area (Å²) < 4.78 is 0. The molecule has 0 unspecified atom stereocenters. The molecule has 0 spiro atoms. The van der Waals surface area contributed by atoms with Crippen molar-refractivity contribution >= 4 is 23.2 Å². The number of anilines is 2. The van der Waals surface area contributed by atoms with Crippen LogP contribution in [-0.2, 0) is 4.79 Å². The number of amides is 1. The standard InChI is InChI=1S/C18H16N4O2/c1-12-7-8-20-17(9-12)21-11-15(10-19)18(24)22-16-5-3-14(4-6-16)13(2)23/h3-9,11H,1-2H3,(H,20,21)(H,22,24)/b15-11-. The van der Waals surface area contributed by atoms with Crippen LogP contribution in [0.3, 0.4) is 0 Å². The van der Waals surface area contributed by atoms with Gasteiger partial charge >= 0.3 is 0 Å². The zero-order chi connectivity index (χ0) is 17.5. The van der Waals surface area contributed by atoms with Gasteiger partial charge in [0.15, 0.2) is 5.78 Å². The molecule has 1 aromatic heterocycles. The summed E-state index contributed by atoms with van der Waals surface area (Å²) in [5, 5.41) is 14.6. The number of benzene rings is 1. The quantitative estimate of drug-likeness (QED) is 0.501. The molecule has 1 amide bonds. The van der Waals surface area contributed by atoms with Gasteiger partial charge in [-0.2, -0.15) is 5.26 Å². The van der Waals surface area contributed by atoms with Gasteiger partial charge in [-0.25, -0.2) is 4.98 Å². The number of rotatable bonds is 5. The van der Waals surface area contributed by atoms with Crippen LogP contribution in [0.25, 0.3) is 0 Å². The number of aryl methyl sites for hydroxylation is 1. The van der Waals surface area contributed by atoms with Crippen LogP contribution in [0.1, 0.15) is 22.8 Å². The summed E-state index contributed by atoms with van der Waals surface area (Å²) >= 11 is 0. The van der Waals surface area contributed by atoms with Crippen LogP contribution in [0.4, 0.5) is 11.5 Å². The van der Waals surface area contributed by atoms with Crippen molar-refractivity contribution in [3.8, 4) is 6.07 Å². The van der Waals surface area contributed by atoms with Gasteiger partial charge in [0, 0.05) is 23.6 Å². The summed E-state index contributed by atoms with van der Waals surface area (Å²) in [5.41, 5.74) is 1.97. The highest BCUT2D eigenvalue weighted by Crippen LogP contribution is 2.12. The summed E-state index contributed by atoms with van der Waals surface area (Å²) in [5.74, 6) is -0.0603. The maximum absolute atomic E-state index is 12.1. The Morgan fingerprint density at radius 1 is 1.21 bits per heavy atom. The number of nitrogens with zero attached hydrogens (tertiary/aromatic N) is 2. The van der Waals surface area contributed by atoms with Gasteiger partial charge in [-0.15, -0.1) is 0 Å². The molecular formula is C18H16N4O2. The Balaban J connectivity index is 2.07. The first-order valence-electron chi connectivity index (χ1n) is 7.21. The van der Waals surface area contributed by atoms with Crippen LogP contribution in [-0.4, -0.2) is 16.7 Å². The molecule has 0 fully saturated rings. The van der Waals surface area contributed by atoms with Crippen LogP contribution >= 0.6 is 0 Å². The lowest BCUT2D eigenvalue weighted by Crippen LogP contribution is -2.14. The Hall–Kier alpha value is -3.46. The molecule has 0 atom stereocenters. The van der Waals surface area contributed by atoms with Crippen LogP contribution in [0.5, 0.6) is 0 Å². The van der Waals surface area contributed by atoms with Crippen LogP contribution in [0.2, 0.25) is 0 Å². The summed E-state index contributed by atoms with van der Waals surface area (Å²) in [7, 11) is 0. The number of Topliss-reactive ketones (excluding diaryl/α,β-unsaturated/α-hetero) is 1. The number of carbonyl (C=O) groups excluding carboxylic acids is 2. The molecule has 0 aliphatic rings. The smallest absolute Gasteiger partial charge is 0.267 e. The molecule has 0 saturated carbocycles. The minimum atomic E-state index is -0.548. The fourth-order valence-electron chi connectivity index (χ4n) is 1.90. The molecule has 2 aromatic rings. The van der Waals surface area contributed by atoms with Gasteiger partial charge in [-0.1, -0.05) is 0 Å². The lowest BCUT2D eigenvalue weighted by molar-refractivity contribution is -0.112. The molecule has 1 aromatic carbocycles. The van der Waals surface area contributed by atoms with Crippen molar-refractivity contribution in [2.45, 2.75) is 13.8 Å². The maximum atomic E-state index is 12.1. The maximum Gasteiger partial charge on any atom is 0.267 e. The van der Waals surface area contributed by atoms with Crippen molar-refractivity contribution in [1.29, 1.82) is 5.26 Å². The highest BCUT2D eigenvalue weighted by atomic mass is 16.1. The SMILES string of the molecule is CC(=O)c1ccc(NC(=O)/C(C#N)=C\Nc2cc(C)ccn2)cc1. The Morgan fingerprint density at radius 2 is 1.92 bits per heavy atom. The normalized spacial score (nSPS) is 10.6. The lowest BCUT2D eigenvalue weighted by Gasteiger charge is -2.06. The van der Waals surface area contributed by atoms with E-state index in [1.54, 1.807) is 36.5 Å². The summed E-state index contributed by atoms with van der Waals surface area (Å²) in [6.45, 7) is 3.38. The molecule has 2 rings (SSSR count). The third kappa shape index (κ3) is 4.52. The van der Waals surface area contributed by atoms with Gasteiger partial charge in [0.2, 0.25) is 0 Å². The second kappa shape index (κ2) is 7.70. The van der Waals surface area contributed by atoms with Crippen LogP contribution < -0.4 is 10.6 Å². The van der Waals surface area contributed by atoms with Crippen molar-refractivity contribution in [2.75, 3.05) is 10.6 Å². The van der Waals surface area contributed by atoms with Gasteiger partial charge in [0.25, 0.3) is 5.91 Å². The molecule has 24 heavy (non-hydrogen) atoms. The van der Waals surface area contributed by atoms with E-state index < -0.39 is 5.91 Å². The second-order valence-corrected chi connectivity index (χ2v) is 5.12. The van der Waals surface area contributed by atoms with Crippen molar-refractivity contribution in [3.05, 3.63) is 65.5 Å². The predicted molar refractivity (Wildman–Crippen MR) is 91.4 cm³/mol. The van der Waals surface area contributed by atoms with Gasteiger partial charge in [0.05, 0.1) is 0 Å². The molecule has 0 bridgehead atoms. The van der Waals surface area contributed by atoms with Gasteiger partial charge in [-0.05, 0) is 55.8 Å². The lowest BCUT2D eigenvalue weighted by atomic mass is 10.1. The van der Waals surface area contributed by atoms with E-state index in [1.807, 2.05) is 19.1 Å². The summed E-state index contributed by atoms with van der Waals surface area (Å²) in [6, 6.07) is 11.9. The Labute approximate surface area is 139 Å². The molecule has 6 heteroatoms. The zero-order valence-electron chi connectivity index (χ0n) is 13.3. The first-order chi connectivity index (χ1) is 11.5. The average molecular weight is 320 g/mol. The Morgan fingerprint density at radius 3 is 2.50 bits per heavy atom. The topological polar surface area (TPSA) is 94.9 Å². The highest BCUT2D eigenvalue weighted by Gasteiger charge is 2.09. The predicted octanol–water partition coefficient (Wildman–Crippen LogP) is 3.05. The largest absolute Gasteiger partial charge is 0.345 e. The molecule has 120 valence electrons. The molecule has 1 heterocycles. The number of nitrogens with one attached hydrogen (secondary N) is 2. The zero-order valence-corrected chi connectivity index (χ0v) is 13.3. The first kappa shape index (κ1) is 16.9. The summed E-state index contributed by atoms with van der Waals surface area (Å²) in [4.78, 5) is 27.4. The number of aromatic nitrogens is 1. The van der Waals surface area contributed by atoms with Crippen molar-refractivity contribution < 1.29 is 9.59 Å². The number of hydrogen-bond donors (Lipinski definition) is 2. The third-order valence-electron chi connectivity index (χ3n) is 3.19. The molecule has 0 saturated heterocycles. The first-order valence-corrected chi connectivity index (χ1v) is 7.21. The molecule has 6 nitrogen and oxygen atoms in total. The van der Waals surface area contributed by atoms with Crippen molar-refractivity contribution in [2.24, 2.45) is 0 Å². The average Bonchev–Trinajstić information content (AvgIpc) is 2.56. The van der Waals surface area contributed by atoms with E-state index in [4.69, 9.17) is 5.26 Å². The fraction of sp³-hybridized carbons (Fsp3) is 0.111. The van der Waals surface area contributed by atoms with E-state index in [1.165, 1.54) is 13.1 Å². The fourth-order valence-corrected chi connectivity index (χ4v) is 1.90. The van der Waals surface area contributed by atoms with Gasteiger partial charge < -0.3 is 10.6 Å². The van der Waals surface area contributed by atoms with Crippen LogP contribution in [0, 0.1) is 18.3 Å². The molecule has 0 aliphatic carbocycles. The van der Waals surface area contributed by atoms with Crippen LogP contribution in [0.15, 0.2) is 54.4 Å². The minimum absolute atomic E-state index is 0.0552. The monoisotopic (exact) mass is 320 g/mol. The number of hydrogen-bond acceptors (Lipinski definition) is 5.